The molecule has 0 radical (unpaired) electrons. The molecule has 5 nitrogen and oxygen atoms in total. The fourth-order valence-corrected chi connectivity index (χ4v) is 2.79. The van der Waals surface area contributed by atoms with Crippen LogP contribution in [0.5, 0.6) is 0 Å². The van der Waals surface area contributed by atoms with Crippen LogP contribution in [0.3, 0.4) is 0 Å². The number of para-hydroxylation sites is 1. The summed E-state index contributed by atoms with van der Waals surface area (Å²) in [4.78, 5) is 25.5. The minimum absolute atomic E-state index is 0.151. The molecule has 1 unspecified atom stereocenters. The molecular weight excluding hydrogens is 278 g/mol. The molecule has 1 atom stereocenters. The Balaban J connectivity index is 1.88. The van der Waals surface area contributed by atoms with Crippen LogP contribution in [0.2, 0.25) is 0 Å². The van der Waals surface area contributed by atoms with Crippen molar-refractivity contribution in [2.24, 2.45) is 17.4 Å². The molecule has 22 heavy (non-hydrogen) atoms. The summed E-state index contributed by atoms with van der Waals surface area (Å²) in [6.45, 7) is 0. The fourth-order valence-electron chi connectivity index (χ4n) is 2.79. The number of unbranched alkanes of at least 4 members (excludes halogenated alkanes) is 1. The molecule has 5 N–H and O–H groups in total. The second-order valence-corrected chi connectivity index (χ2v) is 5.71. The number of H-pyrrole nitrogens is 1. The molecule has 0 spiro atoms. The van der Waals surface area contributed by atoms with E-state index in [1.807, 2.05) is 24.4 Å². The third-order valence-corrected chi connectivity index (χ3v) is 4.07. The Kier molecular flexibility index (Phi) is 5.58. The number of benzene rings is 1. The lowest BCUT2D eigenvalue weighted by atomic mass is 9.93. The predicted octanol–water partition coefficient (Wildman–Crippen LogP) is 2.25. The van der Waals surface area contributed by atoms with Crippen LogP contribution in [0, 0.1) is 5.92 Å². The average molecular weight is 301 g/mol. The monoisotopic (exact) mass is 301 g/mol. The summed E-state index contributed by atoms with van der Waals surface area (Å²) in [7, 11) is 0. The van der Waals surface area contributed by atoms with Gasteiger partial charge in [-0.05, 0) is 37.3 Å². The Morgan fingerprint density at radius 1 is 1.09 bits per heavy atom. The molecule has 0 aliphatic rings. The summed E-state index contributed by atoms with van der Waals surface area (Å²) in [5, 5.41) is 1.19. The van der Waals surface area contributed by atoms with Crippen molar-refractivity contribution >= 4 is 22.7 Å². The minimum Gasteiger partial charge on any atom is -0.370 e. The number of carbonyl (C=O) groups excluding carboxylic acids is 2. The summed E-state index contributed by atoms with van der Waals surface area (Å²) >= 11 is 0. The van der Waals surface area contributed by atoms with E-state index in [4.69, 9.17) is 11.5 Å². The van der Waals surface area contributed by atoms with Gasteiger partial charge in [0.1, 0.15) is 0 Å². The molecule has 118 valence electrons. The SMILES string of the molecule is NC(=O)CCCCC(CCc1c[nH]c2ccccc12)C(N)=O. The number of amides is 2. The van der Waals surface area contributed by atoms with Crippen LogP contribution in [0.15, 0.2) is 30.5 Å². The third-order valence-electron chi connectivity index (χ3n) is 4.07. The normalized spacial score (nSPS) is 12.4. The number of aromatic amines is 1. The molecule has 2 aromatic rings. The highest BCUT2D eigenvalue weighted by Gasteiger charge is 2.16. The van der Waals surface area contributed by atoms with E-state index in [9.17, 15) is 9.59 Å². The fraction of sp³-hybridized carbons (Fsp3) is 0.412. The number of carbonyl (C=O) groups is 2. The van der Waals surface area contributed by atoms with Crippen molar-refractivity contribution in [1.29, 1.82) is 0 Å². The van der Waals surface area contributed by atoms with Crippen LogP contribution in [0.1, 0.15) is 37.7 Å². The van der Waals surface area contributed by atoms with Gasteiger partial charge in [0.2, 0.25) is 11.8 Å². The van der Waals surface area contributed by atoms with Crippen molar-refractivity contribution < 1.29 is 9.59 Å². The first kappa shape index (κ1) is 16.1. The molecule has 0 aliphatic carbocycles. The number of hydrogen-bond donors (Lipinski definition) is 3. The maximum atomic E-state index is 11.6. The Bertz CT molecular complexity index is 648. The van der Waals surface area contributed by atoms with Crippen molar-refractivity contribution in [3.63, 3.8) is 0 Å². The summed E-state index contributed by atoms with van der Waals surface area (Å²) in [6, 6.07) is 8.12. The zero-order chi connectivity index (χ0) is 15.9. The first-order valence-corrected chi connectivity index (χ1v) is 7.70. The summed E-state index contributed by atoms with van der Waals surface area (Å²) in [5.41, 5.74) is 12.9. The van der Waals surface area contributed by atoms with Crippen LogP contribution < -0.4 is 11.5 Å². The highest BCUT2D eigenvalue weighted by atomic mass is 16.1. The van der Waals surface area contributed by atoms with Gasteiger partial charge in [-0.15, -0.1) is 0 Å². The van der Waals surface area contributed by atoms with Crippen molar-refractivity contribution in [2.75, 3.05) is 0 Å². The quantitative estimate of drug-likeness (QED) is 0.618. The van der Waals surface area contributed by atoms with E-state index in [1.54, 1.807) is 0 Å². The molecule has 0 saturated heterocycles. The van der Waals surface area contributed by atoms with Gasteiger partial charge in [-0.25, -0.2) is 0 Å². The van der Waals surface area contributed by atoms with E-state index in [0.29, 0.717) is 19.3 Å². The van der Waals surface area contributed by atoms with Gasteiger partial charge in [0, 0.05) is 29.4 Å². The van der Waals surface area contributed by atoms with Crippen molar-refractivity contribution in [3.05, 3.63) is 36.0 Å². The number of primary amides is 2. The lowest BCUT2D eigenvalue weighted by Crippen LogP contribution is -2.24. The van der Waals surface area contributed by atoms with Crippen LogP contribution in [0.4, 0.5) is 0 Å². The topological polar surface area (TPSA) is 102 Å². The van der Waals surface area contributed by atoms with Gasteiger partial charge in [-0.3, -0.25) is 9.59 Å². The molecule has 1 heterocycles. The van der Waals surface area contributed by atoms with Crippen molar-refractivity contribution in [2.45, 2.75) is 38.5 Å². The summed E-state index contributed by atoms with van der Waals surface area (Å²) < 4.78 is 0. The maximum Gasteiger partial charge on any atom is 0.220 e. The smallest absolute Gasteiger partial charge is 0.220 e. The van der Waals surface area contributed by atoms with E-state index in [-0.39, 0.29) is 17.7 Å². The molecule has 5 heteroatoms. The van der Waals surface area contributed by atoms with Gasteiger partial charge >= 0.3 is 0 Å². The van der Waals surface area contributed by atoms with Gasteiger partial charge < -0.3 is 16.5 Å². The van der Waals surface area contributed by atoms with Crippen molar-refractivity contribution in [1.82, 2.24) is 4.98 Å². The number of aromatic nitrogens is 1. The van der Waals surface area contributed by atoms with Gasteiger partial charge in [-0.1, -0.05) is 24.6 Å². The first-order valence-electron chi connectivity index (χ1n) is 7.70. The average Bonchev–Trinajstić information content (AvgIpc) is 2.89. The number of rotatable bonds is 9. The van der Waals surface area contributed by atoms with Crippen LogP contribution >= 0.6 is 0 Å². The highest BCUT2D eigenvalue weighted by molar-refractivity contribution is 5.83. The Morgan fingerprint density at radius 2 is 1.86 bits per heavy atom. The number of hydrogen-bond acceptors (Lipinski definition) is 2. The second-order valence-electron chi connectivity index (χ2n) is 5.71. The molecule has 2 amide bonds. The van der Waals surface area contributed by atoms with Gasteiger partial charge in [0.15, 0.2) is 0 Å². The molecule has 0 bridgehead atoms. The molecule has 0 saturated carbocycles. The van der Waals surface area contributed by atoms with Crippen molar-refractivity contribution in [3.8, 4) is 0 Å². The third kappa shape index (κ3) is 4.35. The van der Waals surface area contributed by atoms with Crippen LogP contribution in [0.25, 0.3) is 10.9 Å². The lowest BCUT2D eigenvalue weighted by Gasteiger charge is -2.12. The van der Waals surface area contributed by atoms with E-state index >= 15 is 0 Å². The molecule has 0 aliphatic heterocycles. The van der Waals surface area contributed by atoms with E-state index in [1.165, 1.54) is 10.9 Å². The summed E-state index contributed by atoms with van der Waals surface area (Å²) in [5.74, 6) is -0.713. The molecule has 0 fully saturated rings. The Labute approximate surface area is 130 Å². The number of fused-ring (bicyclic) bond motifs is 1. The van der Waals surface area contributed by atoms with E-state index in [0.717, 1.165) is 24.8 Å². The standard InChI is InChI=1S/C17H23N3O2/c18-16(21)8-4-1-5-12(17(19)22)9-10-13-11-20-15-7-3-2-6-14(13)15/h2-3,6-7,11-12,20H,1,4-5,8-10H2,(H2,18,21)(H2,19,22). The second kappa shape index (κ2) is 7.64. The number of nitrogens with one attached hydrogen (secondary N) is 1. The summed E-state index contributed by atoms with van der Waals surface area (Å²) in [6.07, 6.45) is 6.13. The Hall–Kier alpha value is -2.30. The zero-order valence-corrected chi connectivity index (χ0v) is 12.7. The van der Waals surface area contributed by atoms with Gasteiger partial charge in [-0.2, -0.15) is 0 Å². The predicted molar refractivity (Wildman–Crippen MR) is 87.0 cm³/mol. The molecule has 1 aromatic heterocycles. The first-order chi connectivity index (χ1) is 10.6. The largest absolute Gasteiger partial charge is 0.370 e. The molecular formula is C17H23N3O2. The zero-order valence-electron chi connectivity index (χ0n) is 12.7. The van der Waals surface area contributed by atoms with E-state index < -0.39 is 0 Å². The minimum atomic E-state index is -0.297. The Morgan fingerprint density at radius 3 is 2.59 bits per heavy atom. The lowest BCUT2D eigenvalue weighted by molar-refractivity contribution is -0.122. The van der Waals surface area contributed by atoms with Gasteiger partial charge in [0.05, 0.1) is 0 Å². The molecule has 1 aromatic carbocycles. The van der Waals surface area contributed by atoms with E-state index in [2.05, 4.69) is 11.1 Å². The highest BCUT2D eigenvalue weighted by Crippen LogP contribution is 2.22. The number of aryl methyl sites for hydroxylation is 1. The number of nitrogens with two attached hydrogens (primary N) is 2. The van der Waals surface area contributed by atoms with Gasteiger partial charge in [0.25, 0.3) is 0 Å². The maximum absolute atomic E-state index is 11.6. The molecule has 2 rings (SSSR count). The van der Waals surface area contributed by atoms with Crippen LogP contribution in [-0.2, 0) is 16.0 Å². The van der Waals surface area contributed by atoms with Crippen LogP contribution in [-0.4, -0.2) is 16.8 Å².